The Kier molecular flexibility index (Phi) is 5.12. The molecule has 2 heterocycles. The van der Waals surface area contributed by atoms with E-state index < -0.39 is 10.0 Å². The predicted octanol–water partition coefficient (Wildman–Crippen LogP) is 4.00. The number of aryl methyl sites for hydroxylation is 1. The fourth-order valence-corrected chi connectivity index (χ4v) is 5.09. The molecule has 2 aromatic carbocycles. The molecule has 0 fully saturated rings. The standard InChI is InChI=1S/C20H18FN3O3S2/c1-13-19(11-22-29(25,26)17-5-3-4-16(10-17)27-2)28-20-23-18(12-24(13)20)14-6-8-15(21)9-7-14/h3-10,12,22H,11H2,1-2H3. The molecule has 0 atom stereocenters. The maximum Gasteiger partial charge on any atom is 0.241 e. The van der Waals surface area contributed by atoms with Crippen LogP contribution < -0.4 is 9.46 Å². The number of ether oxygens (including phenoxy) is 1. The number of aromatic nitrogens is 2. The van der Waals surface area contributed by atoms with Crippen LogP contribution in [0.25, 0.3) is 16.2 Å². The molecule has 2 aromatic heterocycles. The van der Waals surface area contributed by atoms with Crippen LogP contribution in [-0.2, 0) is 16.6 Å². The Bertz CT molecular complexity index is 1280. The third-order valence-corrected chi connectivity index (χ3v) is 7.12. The highest BCUT2D eigenvalue weighted by atomic mass is 32.2. The lowest BCUT2D eigenvalue weighted by Crippen LogP contribution is -2.23. The lowest BCUT2D eigenvalue weighted by Gasteiger charge is -2.07. The second kappa shape index (κ2) is 7.58. The average Bonchev–Trinajstić information content (AvgIpc) is 3.26. The van der Waals surface area contributed by atoms with Gasteiger partial charge in [-0.2, -0.15) is 0 Å². The first-order valence-corrected chi connectivity index (χ1v) is 11.0. The van der Waals surface area contributed by atoms with Gasteiger partial charge in [0.25, 0.3) is 0 Å². The number of benzene rings is 2. The van der Waals surface area contributed by atoms with Crippen LogP contribution in [0.4, 0.5) is 4.39 Å². The highest BCUT2D eigenvalue weighted by Crippen LogP contribution is 2.27. The second-order valence-electron chi connectivity index (χ2n) is 6.40. The van der Waals surface area contributed by atoms with Crippen molar-refractivity contribution in [3.63, 3.8) is 0 Å². The van der Waals surface area contributed by atoms with Crippen LogP contribution in [0.2, 0.25) is 0 Å². The van der Waals surface area contributed by atoms with E-state index in [2.05, 4.69) is 9.71 Å². The van der Waals surface area contributed by atoms with E-state index in [-0.39, 0.29) is 17.3 Å². The molecule has 0 aliphatic rings. The maximum atomic E-state index is 13.1. The van der Waals surface area contributed by atoms with Crippen molar-refractivity contribution >= 4 is 26.3 Å². The number of hydrogen-bond acceptors (Lipinski definition) is 5. The number of fused-ring (bicyclic) bond motifs is 1. The minimum Gasteiger partial charge on any atom is -0.497 e. The lowest BCUT2D eigenvalue weighted by molar-refractivity contribution is 0.413. The monoisotopic (exact) mass is 431 g/mol. The van der Waals surface area contributed by atoms with Crippen molar-refractivity contribution in [3.8, 4) is 17.0 Å². The predicted molar refractivity (Wildman–Crippen MR) is 110 cm³/mol. The number of sulfonamides is 1. The summed E-state index contributed by atoms with van der Waals surface area (Å²) in [5, 5.41) is 0. The van der Waals surface area contributed by atoms with E-state index in [9.17, 15) is 12.8 Å². The molecule has 4 rings (SSSR count). The van der Waals surface area contributed by atoms with Crippen molar-refractivity contribution < 1.29 is 17.5 Å². The van der Waals surface area contributed by atoms with Crippen LogP contribution >= 0.6 is 11.3 Å². The van der Waals surface area contributed by atoms with E-state index in [0.717, 1.165) is 26.8 Å². The van der Waals surface area contributed by atoms with E-state index >= 15 is 0 Å². The van der Waals surface area contributed by atoms with E-state index in [1.165, 1.54) is 42.7 Å². The average molecular weight is 432 g/mol. The molecule has 0 saturated heterocycles. The number of rotatable bonds is 6. The number of nitrogens with zero attached hydrogens (tertiary/aromatic N) is 2. The summed E-state index contributed by atoms with van der Waals surface area (Å²) < 4.78 is 47.9. The van der Waals surface area contributed by atoms with Gasteiger partial charge in [-0.05, 0) is 43.3 Å². The van der Waals surface area contributed by atoms with E-state index in [0.29, 0.717) is 5.75 Å². The topological polar surface area (TPSA) is 72.7 Å². The van der Waals surface area contributed by atoms with Gasteiger partial charge < -0.3 is 4.74 Å². The fourth-order valence-electron chi connectivity index (χ4n) is 2.93. The van der Waals surface area contributed by atoms with E-state index in [1.54, 1.807) is 24.3 Å². The lowest BCUT2D eigenvalue weighted by atomic mass is 10.2. The summed E-state index contributed by atoms with van der Waals surface area (Å²) in [6, 6.07) is 12.5. The van der Waals surface area contributed by atoms with Crippen molar-refractivity contribution in [3.05, 3.63) is 71.1 Å². The first-order chi connectivity index (χ1) is 13.9. The first kappa shape index (κ1) is 19.6. The Morgan fingerprint density at radius 1 is 1.21 bits per heavy atom. The summed E-state index contributed by atoms with van der Waals surface area (Å²) in [7, 11) is -2.18. The van der Waals surface area contributed by atoms with Crippen molar-refractivity contribution in [1.29, 1.82) is 0 Å². The second-order valence-corrected chi connectivity index (χ2v) is 9.23. The maximum absolute atomic E-state index is 13.1. The molecule has 4 aromatic rings. The fraction of sp³-hybridized carbons (Fsp3) is 0.150. The molecule has 29 heavy (non-hydrogen) atoms. The first-order valence-electron chi connectivity index (χ1n) is 8.74. The van der Waals surface area contributed by atoms with Crippen molar-refractivity contribution in [2.24, 2.45) is 0 Å². The summed E-state index contributed by atoms with van der Waals surface area (Å²) in [5.74, 6) is 0.184. The molecule has 0 bridgehead atoms. The van der Waals surface area contributed by atoms with Crippen LogP contribution in [0.15, 0.2) is 59.6 Å². The minimum atomic E-state index is -3.67. The highest BCUT2D eigenvalue weighted by Gasteiger charge is 2.18. The largest absolute Gasteiger partial charge is 0.497 e. The van der Waals surface area contributed by atoms with Gasteiger partial charge in [0.15, 0.2) is 4.96 Å². The van der Waals surface area contributed by atoms with Crippen LogP contribution in [0.3, 0.4) is 0 Å². The van der Waals surface area contributed by atoms with E-state index in [4.69, 9.17) is 4.74 Å². The summed E-state index contributed by atoms with van der Waals surface area (Å²) >= 11 is 1.41. The zero-order valence-electron chi connectivity index (χ0n) is 15.7. The molecule has 0 spiro atoms. The van der Waals surface area contributed by atoms with Gasteiger partial charge in [0.05, 0.1) is 17.7 Å². The molecule has 0 radical (unpaired) electrons. The molecule has 6 nitrogen and oxygen atoms in total. The van der Waals surface area contributed by atoms with Crippen LogP contribution in [0.5, 0.6) is 5.75 Å². The quantitative estimate of drug-likeness (QED) is 0.501. The molecule has 150 valence electrons. The molecule has 9 heteroatoms. The molecular weight excluding hydrogens is 413 g/mol. The molecule has 0 saturated carbocycles. The van der Waals surface area contributed by atoms with Gasteiger partial charge in [-0.15, -0.1) is 0 Å². The minimum absolute atomic E-state index is 0.148. The Morgan fingerprint density at radius 3 is 2.66 bits per heavy atom. The number of imidazole rings is 1. The molecule has 1 N–H and O–H groups in total. The molecule has 0 aliphatic carbocycles. The highest BCUT2D eigenvalue weighted by molar-refractivity contribution is 7.89. The van der Waals surface area contributed by atoms with Crippen molar-refractivity contribution in [1.82, 2.24) is 14.1 Å². The van der Waals surface area contributed by atoms with Crippen LogP contribution in [0.1, 0.15) is 10.6 Å². The molecule has 0 aliphatic heterocycles. The summed E-state index contributed by atoms with van der Waals surface area (Å²) in [5.41, 5.74) is 2.46. The van der Waals surface area contributed by atoms with Gasteiger partial charge in [0.1, 0.15) is 11.6 Å². The Labute approximate surface area is 171 Å². The third kappa shape index (κ3) is 3.89. The number of halogens is 1. The molecule has 0 unspecified atom stereocenters. The Morgan fingerprint density at radius 2 is 1.97 bits per heavy atom. The van der Waals surface area contributed by atoms with Gasteiger partial charge >= 0.3 is 0 Å². The number of thiazole rings is 1. The van der Waals surface area contributed by atoms with Crippen LogP contribution in [-0.4, -0.2) is 24.9 Å². The normalized spacial score (nSPS) is 11.8. The SMILES string of the molecule is COc1cccc(S(=O)(=O)NCc2sc3nc(-c4ccc(F)cc4)cn3c2C)c1. The van der Waals surface area contributed by atoms with Gasteiger partial charge in [0.2, 0.25) is 10.0 Å². The third-order valence-electron chi connectivity index (χ3n) is 4.57. The number of hydrogen-bond donors (Lipinski definition) is 1. The number of methoxy groups -OCH3 is 1. The zero-order chi connectivity index (χ0) is 20.6. The summed E-state index contributed by atoms with van der Waals surface area (Å²) in [6.45, 7) is 2.07. The van der Waals surface area contributed by atoms with Gasteiger partial charge in [-0.1, -0.05) is 17.4 Å². The van der Waals surface area contributed by atoms with Crippen LogP contribution in [0, 0.1) is 12.7 Å². The smallest absolute Gasteiger partial charge is 0.241 e. The summed E-state index contributed by atoms with van der Waals surface area (Å²) in [6.07, 6.45) is 1.87. The number of nitrogens with one attached hydrogen (secondary N) is 1. The van der Waals surface area contributed by atoms with Gasteiger partial charge in [-0.25, -0.2) is 22.5 Å². The van der Waals surface area contributed by atoms with Crippen molar-refractivity contribution in [2.75, 3.05) is 7.11 Å². The zero-order valence-corrected chi connectivity index (χ0v) is 17.3. The summed E-state index contributed by atoms with van der Waals surface area (Å²) in [4.78, 5) is 6.35. The molecule has 0 amide bonds. The van der Waals surface area contributed by atoms with Gasteiger partial charge in [-0.3, -0.25) is 4.40 Å². The van der Waals surface area contributed by atoms with E-state index in [1.807, 2.05) is 17.5 Å². The van der Waals surface area contributed by atoms with Gasteiger partial charge in [0, 0.05) is 34.9 Å². The molecular formula is C20H18FN3O3S2. The Balaban J connectivity index is 1.56. The Hall–Kier alpha value is -2.75. The van der Waals surface area contributed by atoms with Crippen molar-refractivity contribution in [2.45, 2.75) is 18.4 Å².